The molecule has 6 heteroatoms. The Morgan fingerprint density at radius 3 is 2.42 bits per heavy atom. The van der Waals surface area contributed by atoms with Crippen LogP contribution in [0.5, 0.6) is 11.5 Å². The molecule has 2 aromatic carbocycles. The van der Waals surface area contributed by atoms with Crippen molar-refractivity contribution in [3.05, 3.63) is 48.2 Å². The Labute approximate surface area is 152 Å². The number of hydrogen-bond acceptors (Lipinski definition) is 6. The zero-order valence-corrected chi connectivity index (χ0v) is 15.0. The van der Waals surface area contributed by atoms with E-state index in [1.54, 1.807) is 6.20 Å². The highest BCUT2D eigenvalue weighted by Crippen LogP contribution is 2.38. The molecule has 0 amide bonds. The standard InChI is InChI=1S/C20H23N3O3/c1-3-25-18-9-15-7-13(12-24)8-16(17(15)11-19(18)26-4-2)14-5-6-22-20(10-14)23-21/h5-11,24H,3-4,12,21H2,1-2H3,(H,22,23). The van der Waals surface area contributed by atoms with E-state index in [1.165, 1.54) is 0 Å². The quantitative estimate of drug-likeness (QED) is 0.445. The number of anilines is 1. The molecular formula is C20H23N3O3. The van der Waals surface area contributed by atoms with Crippen molar-refractivity contribution in [3.63, 3.8) is 0 Å². The van der Waals surface area contributed by atoms with Crippen molar-refractivity contribution in [2.24, 2.45) is 5.84 Å². The molecule has 0 bridgehead atoms. The highest BCUT2D eigenvalue weighted by Gasteiger charge is 2.13. The number of hydrazine groups is 1. The summed E-state index contributed by atoms with van der Waals surface area (Å²) in [6.07, 6.45) is 1.69. The Balaban J connectivity index is 2.27. The molecule has 0 saturated carbocycles. The topological polar surface area (TPSA) is 89.6 Å². The van der Waals surface area contributed by atoms with Gasteiger partial charge in [-0.25, -0.2) is 10.8 Å². The van der Waals surface area contributed by atoms with Crippen molar-refractivity contribution < 1.29 is 14.6 Å². The summed E-state index contributed by atoms with van der Waals surface area (Å²) in [5, 5.41) is 11.7. The molecular weight excluding hydrogens is 330 g/mol. The van der Waals surface area contributed by atoms with Gasteiger partial charge >= 0.3 is 0 Å². The molecule has 0 unspecified atom stereocenters. The van der Waals surface area contributed by atoms with Crippen molar-refractivity contribution >= 4 is 16.6 Å². The summed E-state index contributed by atoms with van der Waals surface area (Å²) in [5.41, 5.74) is 5.30. The van der Waals surface area contributed by atoms with Crippen LogP contribution >= 0.6 is 0 Å². The molecule has 6 nitrogen and oxygen atoms in total. The summed E-state index contributed by atoms with van der Waals surface area (Å²) in [5.74, 6) is 7.46. The average Bonchev–Trinajstić information content (AvgIpc) is 2.68. The number of aliphatic hydroxyl groups is 1. The fraction of sp³-hybridized carbons (Fsp3) is 0.250. The van der Waals surface area contributed by atoms with Crippen LogP contribution in [-0.2, 0) is 6.61 Å². The van der Waals surface area contributed by atoms with Gasteiger partial charge in [-0.3, -0.25) is 0 Å². The molecule has 0 spiro atoms. The Morgan fingerprint density at radius 2 is 1.77 bits per heavy atom. The minimum atomic E-state index is -0.0484. The van der Waals surface area contributed by atoms with Crippen LogP contribution in [0.2, 0.25) is 0 Å². The van der Waals surface area contributed by atoms with E-state index in [0.717, 1.165) is 27.5 Å². The average molecular weight is 353 g/mol. The first-order valence-corrected chi connectivity index (χ1v) is 8.60. The molecule has 0 radical (unpaired) electrons. The van der Waals surface area contributed by atoms with E-state index in [2.05, 4.69) is 10.4 Å². The molecule has 0 atom stereocenters. The fourth-order valence-corrected chi connectivity index (χ4v) is 2.98. The SMILES string of the molecule is CCOc1cc2cc(CO)cc(-c3ccnc(NN)c3)c2cc1OCC. The third-order valence-corrected chi connectivity index (χ3v) is 4.08. The first kappa shape index (κ1) is 18.0. The molecule has 1 aromatic heterocycles. The third kappa shape index (κ3) is 3.56. The number of hydrogen-bond donors (Lipinski definition) is 3. The normalized spacial score (nSPS) is 10.8. The van der Waals surface area contributed by atoms with E-state index < -0.39 is 0 Å². The molecule has 0 aliphatic heterocycles. The van der Waals surface area contributed by atoms with Crippen LogP contribution in [-0.4, -0.2) is 23.3 Å². The first-order valence-electron chi connectivity index (χ1n) is 8.60. The maximum absolute atomic E-state index is 9.68. The Kier molecular flexibility index (Phi) is 5.55. The highest BCUT2D eigenvalue weighted by atomic mass is 16.5. The summed E-state index contributed by atoms with van der Waals surface area (Å²) >= 11 is 0. The van der Waals surface area contributed by atoms with E-state index in [0.29, 0.717) is 30.5 Å². The minimum absolute atomic E-state index is 0.0484. The molecule has 3 aromatic rings. The molecule has 0 aliphatic rings. The predicted molar refractivity (Wildman–Crippen MR) is 103 cm³/mol. The number of ether oxygens (including phenoxy) is 2. The maximum atomic E-state index is 9.68. The van der Waals surface area contributed by atoms with E-state index in [4.69, 9.17) is 15.3 Å². The van der Waals surface area contributed by atoms with Gasteiger partial charge in [0.15, 0.2) is 11.5 Å². The first-order chi connectivity index (χ1) is 12.7. The lowest BCUT2D eigenvalue weighted by Crippen LogP contribution is -2.08. The smallest absolute Gasteiger partial charge is 0.161 e. The number of nitrogens with zero attached hydrogens (tertiary/aromatic N) is 1. The number of nitrogens with two attached hydrogens (primary N) is 1. The van der Waals surface area contributed by atoms with Gasteiger partial charge in [-0.2, -0.15) is 0 Å². The molecule has 4 N–H and O–H groups in total. The Bertz CT molecular complexity index is 912. The van der Waals surface area contributed by atoms with Gasteiger partial charge in [0.1, 0.15) is 5.82 Å². The molecule has 0 saturated heterocycles. The number of aliphatic hydroxyl groups excluding tert-OH is 1. The van der Waals surface area contributed by atoms with E-state index in [9.17, 15) is 5.11 Å². The third-order valence-electron chi connectivity index (χ3n) is 4.08. The Hall–Kier alpha value is -2.83. The van der Waals surface area contributed by atoms with Crippen molar-refractivity contribution in [1.29, 1.82) is 0 Å². The second-order valence-electron chi connectivity index (χ2n) is 5.76. The number of pyridine rings is 1. The zero-order chi connectivity index (χ0) is 18.5. The molecule has 0 fully saturated rings. The van der Waals surface area contributed by atoms with Crippen LogP contribution in [0, 0.1) is 0 Å². The maximum Gasteiger partial charge on any atom is 0.161 e. The Morgan fingerprint density at radius 1 is 1.04 bits per heavy atom. The molecule has 3 rings (SSSR count). The molecule has 1 heterocycles. The largest absolute Gasteiger partial charge is 0.490 e. The lowest BCUT2D eigenvalue weighted by atomic mass is 9.95. The summed E-state index contributed by atoms with van der Waals surface area (Å²) in [6.45, 7) is 4.93. The van der Waals surface area contributed by atoms with Gasteiger partial charge in [0.2, 0.25) is 0 Å². The highest BCUT2D eigenvalue weighted by molar-refractivity contribution is 5.99. The lowest BCUT2D eigenvalue weighted by Gasteiger charge is -2.16. The fourth-order valence-electron chi connectivity index (χ4n) is 2.98. The van der Waals surface area contributed by atoms with Gasteiger partial charge in [-0.05, 0) is 77.7 Å². The van der Waals surface area contributed by atoms with E-state index in [1.807, 2.05) is 50.2 Å². The predicted octanol–water partition coefficient (Wildman–Crippen LogP) is 3.48. The van der Waals surface area contributed by atoms with Gasteiger partial charge in [0.25, 0.3) is 0 Å². The van der Waals surface area contributed by atoms with Crippen molar-refractivity contribution in [1.82, 2.24) is 4.98 Å². The van der Waals surface area contributed by atoms with Crippen molar-refractivity contribution in [3.8, 4) is 22.6 Å². The number of aromatic nitrogens is 1. The summed E-state index contributed by atoms with van der Waals surface area (Å²) in [6, 6.07) is 11.6. The summed E-state index contributed by atoms with van der Waals surface area (Å²) < 4.78 is 11.5. The van der Waals surface area contributed by atoms with Gasteiger partial charge in [0, 0.05) is 6.20 Å². The lowest BCUT2D eigenvalue weighted by molar-refractivity contribution is 0.282. The molecule has 0 aliphatic carbocycles. The number of benzene rings is 2. The number of nitrogens with one attached hydrogen (secondary N) is 1. The second kappa shape index (κ2) is 8.03. The molecule has 136 valence electrons. The van der Waals surface area contributed by atoms with E-state index in [-0.39, 0.29) is 6.61 Å². The van der Waals surface area contributed by atoms with E-state index >= 15 is 0 Å². The van der Waals surface area contributed by atoms with Gasteiger partial charge in [-0.1, -0.05) is 0 Å². The van der Waals surface area contributed by atoms with Gasteiger partial charge < -0.3 is 20.0 Å². The zero-order valence-electron chi connectivity index (χ0n) is 15.0. The molecule has 26 heavy (non-hydrogen) atoms. The van der Waals surface area contributed by atoms with Gasteiger partial charge in [0.05, 0.1) is 19.8 Å². The monoisotopic (exact) mass is 353 g/mol. The second-order valence-corrected chi connectivity index (χ2v) is 5.76. The van der Waals surface area contributed by atoms with Crippen LogP contribution in [0.3, 0.4) is 0 Å². The van der Waals surface area contributed by atoms with Crippen molar-refractivity contribution in [2.75, 3.05) is 18.6 Å². The number of rotatable bonds is 7. The summed E-state index contributed by atoms with van der Waals surface area (Å²) in [4.78, 5) is 4.16. The van der Waals surface area contributed by atoms with Crippen LogP contribution in [0.1, 0.15) is 19.4 Å². The number of fused-ring (bicyclic) bond motifs is 1. The van der Waals surface area contributed by atoms with Crippen molar-refractivity contribution in [2.45, 2.75) is 20.5 Å². The van der Waals surface area contributed by atoms with Crippen LogP contribution in [0.4, 0.5) is 5.82 Å². The van der Waals surface area contributed by atoms with Gasteiger partial charge in [-0.15, -0.1) is 0 Å². The number of nitrogen functional groups attached to an aromatic ring is 1. The minimum Gasteiger partial charge on any atom is -0.490 e. The summed E-state index contributed by atoms with van der Waals surface area (Å²) in [7, 11) is 0. The van der Waals surface area contributed by atoms with Crippen LogP contribution in [0.15, 0.2) is 42.6 Å². The van der Waals surface area contributed by atoms with Crippen LogP contribution in [0.25, 0.3) is 21.9 Å². The van der Waals surface area contributed by atoms with Crippen LogP contribution < -0.4 is 20.7 Å².